The number of hydrogen-bond acceptors (Lipinski definition) is 2. The first-order valence-electron chi connectivity index (χ1n) is 2.91. The van der Waals surface area contributed by atoms with Crippen LogP contribution in [-0.4, -0.2) is 4.57 Å². The molecule has 0 amide bonds. The standard InChI is InChI=1S/C7H5BrN2O/c1-10-3-5(2-9)7(11)6(8)4-10/h3-4H,1H3. The first-order chi connectivity index (χ1) is 5.15. The molecular formula is C7H5BrN2O. The molecule has 1 rings (SSSR count). The Balaban J connectivity index is 3.52. The number of rotatable bonds is 0. The van der Waals surface area contributed by atoms with Crippen LogP contribution in [0.4, 0.5) is 0 Å². The lowest BCUT2D eigenvalue weighted by Crippen LogP contribution is -2.09. The van der Waals surface area contributed by atoms with Gasteiger partial charge in [0.05, 0.1) is 4.47 Å². The molecule has 0 radical (unpaired) electrons. The van der Waals surface area contributed by atoms with Gasteiger partial charge >= 0.3 is 0 Å². The quantitative estimate of drug-likeness (QED) is 0.645. The van der Waals surface area contributed by atoms with Crippen LogP contribution < -0.4 is 5.43 Å². The van der Waals surface area contributed by atoms with Crippen molar-refractivity contribution in [2.24, 2.45) is 7.05 Å². The van der Waals surface area contributed by atoms with Crippen molar-refractivity contribution >= 4 is 15.9 Å². The van der Waals surface area contributed by atoms with E-state index in [1.165, 1.54) is 6.20 Å². The van der Waals surface area contributed by atoms with Gasteiger partial charge in [0.2, 0.25) is 5.43 Å². The Hall–Kier alpha value is -1.08. The fourth-order valence-electron chi connectivity index (χ4n) is 0.745. The predicted molar refractivity (Wildman–Crippen MR) is 44.1 cm³/mol. The van der Waals surface area contributed by atoms with Gasteiger partial charge < -0.3 is 4.57 Å². The zero-order valence-corrected chi connectivity index (χ0v) is 7.42. The van der Waals surface area contributed by atoms with E-state index < -0.39 is 0 Å². The molecule has 0 bridgehead atoms. The Morgan fingerprint density at radius 2 is 2.27 bits per heavy atom. The Kier molecular flexibility index (Phi) is 2.11. The highest BCUT2D eigenvalue weighted by Crippen LogP contribution is 2.02. The van der Waals surface area contributed by atoms with Gasteiger partial charge in [0, 0.05) is 19.4 Å². The second kappa shape index (κ2) is 2.89. The van der Waals surface area contributed by atoms with Crippen LogP contribution in [-0.2, 0) is 7.05 Å². The third-order valence-electron chi connectivity index (χ3n) is 1.23. The van der Waals surface area contributed by atoms with E-state index in [2.05, 4.69) is 15.9 Å². The van der Waals surface area contributed by atoms with Gasteiger partial charge in [-0.15, -0.1) is 0 Å². The molecule has 0 atom stereocenters. The molecule has 0 aliphatic heterocycles. The highest BCUT2D eigenvalue weighted by Gasteiger charge is 2.01. The van der Waals surface area contributed by atoms with Crippen LogP contribution in [0.2, 0.25) is 0 Å². The van der Waals surface area contributed by atoms with Crippen LogP contribution in [0.5, 0.6) is 0 Å². The Bertz CT molecular complexity index is 375. The van der Waals surface area contributed by atoms with E-state index in [1.54, 1.807) is 17.8 Å². The van der Waals surface area contributed by atoms with Crippen LogP contribution in [0.25, 0.3) is 0 Å². The van der Waals surface area contributed by atoms with Gasteiger partial charge in [0.25, 0.3) is 0 Å². The molecule has 3 nitrogen and oxygen atoms in total. The topological polar surface area (TPSA) is 45.8 Å². The summed E-state index contributed by atoms with van der Waals surface area (Å²) in [5.74, 6) is 0. The first-order valence-corrected chi connectivity index (χ1v) is 3.70. The average molecular weight is 213 g/mol. The SMILES string of the molecule is Cn1cc(Br)c(=O)c(C#N)c1. The first kappa shape index (κ1) is 8.02. The lowest BCUT2D eigenvalue weighted by atomic mass is 10.3. The molecule has 1 aromatic heterocycles. The van der Waals surface area contributed by atoms with Crippen molar-refractivity contribution in [1.82, 2.24) is 4.57 Å². The number of nitriles is 1. The molecule has 0 saturated heterocycles. The molecular weight excluding hydrogens is 208 g/mol. The molecule has 0 aliphatic carbocycles. The number of pyridine rings is 1. The monoisotopic (exact) mass is 212 g/mol. The minimum absolute atomic E-state index is 0.155. The third-order valence-corrected chi connectivity index (χ3v) is 1.80. The average Bonchev–Trinajstić information content (AvgIpc) is 1.96. The summed E-state index contributed by atoms with van der Waals surface area (Å²) in [5.41, 5.74) is -0.104. The van der Waals surface area contributed by atoms with E-state index in [4.69, 9.17) is 5.26 Å². The fraction of sp³-hybridized carbons (Fsp3) is 0.143. The maximum absolute atomic E-state index is 11.1. The normalized spacial score (nSPS) is 9.18. The summed E-state index contributed by atoms with van der Waals surface area (Å²) in [7, 11) is 1.76. The van der Waals surface area contributed by atoms with Gasteiger partial charge in [-0.05, 0) is 15.9 Å². The van der Waals surface area contributed by atoms with E-state index in [0.29, 0.717) is 4.47 Å². The van der Waals surface area contributed by atoms with Crippen LogP contribution in [0, 0.1) is 11.3 Å². The van der Waals surface area contributed by atoms with Crippen LogP contribution in [0.1, 0.15) is 5.56 Å². The van der Waals surface area contributed by atoms with E-state index in [1.807, 2.05) is 6.07 Å². The molecule has 1 aromatic rings. The summed E-state index contributed by atoms with van der Waals surface area (Å²) in [6, 6.07) is 1.81. The van der Waals surface area contributed by atoms with Crippen molar-refractivity contribution < 1.29 is 0 Å². The maximum Gasteiger partial charge on any atom is 0.213 e. The zero-order chi connectivity index (χ0) is 8.43. The van der Waals surface area contributed by atoms with E-state index >= 15 is 0 Å². The summed E-state index contributed by atoms with van der Waals surface area (Å²) in [6.45, 7) is 0. The lowest BCUT2D eigenvalue weighted by molar-refractivity contribution is 0.889. The molecule has 0 spiro atoms. The summed E-state index contributed by atoms with van der Waals surface area (Å²) in [4.78, 5) is 11.1. The summed E-state index contributed by atoms with van der Waals surface area (Å²) in [6.07, 6.45) is 3.11. The Labute approximate surface area is 72.0 Å². The van der Waals surface area contributed by atoms with Gasteiger partial charge in [-0.3, -0.25) is 4.79 Å². The summed E-state index contributed by atoms with van der Waals surface area (Å²) in [5, 5.41) is 8.48. The third kappa shape index (κ3) is 1.49. The molecule has 0 fully saturated rings. The molecule has 0 unspecified atom stereocenters. The fourth-order valence-corrected chi connectivity index (χ4v) is 1.28. The van der Waals surface area contributed by atoms with Gasteiger partial charge in [-0.25, -0.2) is 0 Å². The molecule has 0 N–H and O–H groups in total. The molecule has 1 heterocycles. The largest absolute Gasteiger partial charge is 0.355 e. The smallest absolute Gasteiger partial charge is 0.213 e. The van der Waals surface area contributed by atoms with Crippen LogP contribution in [0.3, 0.4) is 0 Å². The van der Waals surface area contributed by atoms with Gasteiger partial charge in [0.15, 0.2) is 0 Å². The molecule has 56 valence electrons. The van der Waals surface area contributed by atoms with E-state index in [9.17, 15) is 4.79 Å². The van der Waals surface area contributed by atoms with Crippen molar-refractivity contribution in [3.8, 4) is 6.07 Å². The highest BCUT2D eigenvalue weighted by molar-refractivity contribution is 9.10. The molecule has 4 heteroatoms. The van der Waals surface area contributed by atoms with Gasteiger partial charge in [-0.2, -0.15) is 5.26 Å². The van der Waals surface area contributed by atoms with Gasteiger partial charge in [0.1, 0.15) is 11.6 Å². The second-order valence-corrected chi connectivity index (χ2v) is 2.98. The summed E-state index contributed by atoms with van der Waals surface area (Å²) < 4.78 is 2.07. The van der Waals surface area contributed by atoms with Crippen molar-refractivity contribution in [2.45, 2.75) is 0 Å². The molecule has 0 aliphatic rings. The number of halogens is 1. The Morgan fingerprint density at radius 3 is 2.82 bits per heavy atom. The number of aromatic nitrogens is 1. The highest BCUT2D eigenvalue weighted by atomic mass is 79.9. The zero-order valence-electron chi connectivity index (χ0n) is 5.84. The number of nitrogens with zero attached hydrogens (tertiary/aromatic N) is 2. The number of hydrogen-bond donors (Lipinski definition) is 0. The van der Waals surface area contributed by atoms with Crippen molar-refractivity contribution in [3.63, 3.8) is 0 Å². The van der Waals surface area contributed by atoms with Crippen LogP contribution >= 0.6 is 15.9 Å². The molecule has 0 saturated carbocycles. The summed E-state index contributed by atoms with van der Waals surface area (Å²) >= 11 is 3.05. The maximum atomic E-state index is 11.1. The lowest BCUT2D eigenvalue weighted by Gasteiger charge is -1.97. The van der Waals surface area contributed by atoms with E-state index in [-0.39, 0.29) is 11.0 Å². The van der Waals surface area contributed by atoms with E-state index in [0.717, 1.165) is 0 Å². The minimum Gasteiger partial charge on any atom is -0.355 e. The second-order valence-electron chi connectivity index (χ2n) is 2.13. The Morgan fingerprint density at radius 1 is 1.64 bits per heavy atom. The molecule has 11 heavy (non-hydrogen) atoms. The molecule has 0 aromatic carbocycles. The van der Waals surface area contributed by atoms with Crippen molar-refractivity contribution in [3.05, 3.63) is 32.7 Å². The van der Waals surface area contributed by atoms with Crippen molar-refractivity contribution in [1.29, 1.82) is 5.26 Å². The van der Waals surface area contributed by atoms with Crippen molar-refractivity contribution in [2.75, 3.05) is 0 Å². The number of aryl methyl sites for hydroxylation is 1. The van der Waals surface area contributed by atoms with Gasteiger partial charge in [-0.1, -0.05) is 0 Å². The van der Waals surface area contributed by atoms with Crippen LogP contribution in [0.15, 0.2) is 21.7 Å². The predicted octanol–water partition coefficient (Wildman–Crippen LogP) is 1.02. The minimum atomic E-state index is -0.259.